The summed E-state index contributed by atoms with van der Waals surface area (Å²) in [6.07, 6.45) is 39.6. The van der Waals surface area contributed by atoms with Crippen LogP contribution >= 0.6 is 0 Å². The van der Waals surface area contributed by atoms with Crippen molar-refractivity contribution < 1.29 is 0 Å². The van der Waals surface area contributed by atoms with Gasteiger partial charge in [0, 0.05) is 25.5 Å². The molecule has 0 spiro atoms. The van der Waals surface area contributed by atoms with Crippen molar-refractivity contribution in [2.24, 2.45) is 0 Å². The molecule has 0 aromatic heterocycles. The van der Waals surface area contributed by atoms with Crippen LogP contribution in [0.15, 0.2) is 12.4 Å². The summed E-state index contributed by atoms with van der Waals surface area (Å²) in [7, 11) is 0. The van der Waals surface area contributed by atoms with Gasteiger partial charge in [-0.15, -0.1) is 0 Å². The highest BCUT2D eigenvalue weighted by Gasteiger charge is 2.24. The lowest BCUT2D eigenvalue weighted by atomic mass is 10.0. The lowest BCUT2D eigenvalue weighted by molar-refractivity contribution is 0.137. The third-order valence-electron chi connectivity index (χ3n) is 7.78. The van der Waals surface area contributed by atoms with Crippen LogP contribution < -0.4 is 0 Å². The highest BCUT2D eigenvalue weighted by atomic mass is 15.4. The first-order chi connectivity index (χ1) is 16.8. The Bertz CT molecular complexity index is 433. The maximum Gasteiger partial charge on any atom is 0.101 e. The Morgan fingerprint density at radius 1 is 0.382 bits per heavy atom. The van der Waals surface area contributed by atoms with Crippen molar-refractivity contribution in [3.63, 3.8) is 0 Å². The van der Waals surface area contributed by atoms with Crippen LogP contribution in [0.4, 0.5) is 0 Å². The second-order valence-electron chi connectivity index (χ2n) is 11.1. The lowest BCUT2D eigenvalue weighted by Crippen LogP contribution is -2.39. The Morgan fingerprint density at radius 2 is 0.735 bits per heavy atom. The van der Waals surface area contributed by atoms with Crippen molar-refractivity contribution in [1.29, 1.82) is 0 Å². The average molecular weight is 477 g/mol. The Balaban J connectivity index is 2.03. The van der Waals surface area contributed by atoms with E-state index in [1.807, 2.05) is 0 Å². The van der Waals surface area contributed by atoms with E-state index in [1.165, 1.54) is 167 Å². The Labute approximate surface area is 216 Å². The molecule has 0 radical (unpaired) electrons. The summed E-state index contributed by atoms with van der Waals surface area (Å²) < 4.78 is 0. The molecule has 0 aliphatic carbocycles. The zero-order valence-corrected chi connectivity index (χ0v) is 24.0. The second-order valence-corrected chi connectivity index (χ2v) is 11.1. The molecule has 0 saturated carbocycles. The van der Waals surface area contributed by atoms with Crippen molar-refractivity contribution in [3.05, 3.63) is 12.4 Å². The summed E-state index contributed by atoms with van der Waals surface area (Å²) in [5.74, 6) is 0. The van der Waals surface area contributed by atoms with E-state index in [0.717, 1.165) is 0 Å². The average Bonchev–Trinajstić information content (AvgIpc) is 3.22. The molecule has 1 rings (SSSR count). The zero-order chi connectivity index (χ0) is 24.5. The fraction of sp³-hybridized carbons (Fsp3) is 0.938. The molecule has 0 bridgehead atoms. The van der Waals surface area contributed by atoms with Crippen molar-refractivity contribution in [3.8, 4) is 0 Å². The SMILES string of the molecule is CCCCCCCCCCCCCCCCC1N(CCC)C=CN1CCCCCCCCCC. The number of nitrogens with zero attached hydrogens (tertiary/aromatic N) is 2. The Hall–Kier alpha value is -0.660. The maximum atomic E-state index is 2.66. The summed E-state index contributed by atoms with van der Waals surface area (Å²) in [5, 5.41) is 0. The van der Waals surface area contributed by atoms with Gasteiger partial charge in [0.25, 0.3) is 0 Å². The minimum atomic E-state index is 0.641. The second kappa shape index (κ2) is 24.1. The molecule has 2 nitrogen and oxygen atoms in total. The van der Waals surface area contributed by atoms with Crippen LogP contribution in [-0.2, 0) is 0 Å². The minimum absolute atomic E-state index is 0.641. The molecule has 1 unspecified atom stereocenters. The quantitative estimate of drug-likeness (QED) is 0.114. The molecule has 0 aromatic carbocycles. The van der Waals surface area contributed by atoms with Gasteiger partial charge in [-0.1, -0.05) is 149 Å². The van der Waals surface area contributed by atoms with Gasteiger partial charge in [0.1, 0.15) is 6.17 Å². The minimum Gasteiger partial charge on any atom is -0.356 e. The van der Waals surface area contributed by atoms with E-state index in [0.29, 0.717) is 6.17 Å². The number of hydrogen-bond acceptors (Lipinski definition) is 2. The van der Waals surface area contributed by atoms with E-state index in [-0.39, 0.29) is 0 Å². The first kappa shape index (κ1) is 31.4. The van der Waals surface area contributed by atoms with Crippen LogP contribution in [-0.4, -0.2) is 29.1 Å². The smallest absolute Gasteiger partial charge is 0.101 e. The van der Waals surface area contributed by atoms with E-state index in [2.05, 4.69) is 43.0 Å². The van der Waals surface area contributed by atoms with Gasteiger partial charge in [0.05, 0.1) is 0 Å². The topological polar surface area (TPSA) is 6.48 Å². The largest absolute Gasteiger partial charge is 0.356 e. The van der Waals surface area contributed by atoms with Crippen LogP contribution in [0.1, 0.15) is 175 Å². The first-order valence-corrected chi connectivity index (χ1v) is 16.0. The molecule has 202 valence electrons. The Kier molecular flexibility index (Phi) is 22.2. The van der Waals surface area contributed by atoms with Gasteiger partial charge < -0.3 is 9.80 Å². The van der Waals surface area contributed by atoms with E-state index < -0.39 is 0 Å². The van der Waals surface area contributed by atoms with Crippen LogP contribution in [0.2, 0.25) is 0 Å². The highest BCUT2D eigenvalue weighted by Crippen LogP contribution is 2.23. The van der Waals surface area contributed by atoms with Gasteiger partial charge in [-0.05, 0) is 25.7 Å². The number of hydrogen-bond donors (Lipinski definition) is 0. The van der Waals surface area contributed by atoms with Gasteiger partial charge in [0.15, 0.2) is 0 Å². The summed E-state index contributed by atoms with van der Waals surface area (Å²) in [5.41, 5.74) is 0. The fourth-order valence-electron chi connectivity index (χ4n) is 5.55. The van der Waals surface area contributed by atoms with Gasteiger partial charge in [-0.2, -0.15) is 0 Å². The monoisotopic (exact) mass is 477 g/mol. The van der Waals surface area contributed by atoms with Gasteiger partial charge in [-0.3, -0.25) is 0 Å². The molecule has 0 aromatic rings. The molecular weight excluding hydrogens is 412 g/mol. The van der Waals surface area contributed by atoms with E-state index in [9.17, 15) is 0 Å². The van der Waals surface area contributed by atoms with E-state index in [4.69, 9.17) is 0 Å². The summed E-state index contributed by atoms with van der Waals surface area (Å²) >= 11 is 0. The van der Waals surface area contributed by atoms with Crippen molar-refractivity contribution in [2.45, 2.75) is 181 Å². The van der Waals surface area contributed by atoms with E-state index in [1.54, 1.807) is 0 Å². The third-order valence-corrected chi connectivity index (χ3v) is 7.78. The predicted octanol–water partition coefficient (Wildman–Crippen LogP) is 10.8. The van der Waals surface area contributed by atoms with Gasteiger partial charge in [0.2, 0.25) is 0 Å². The zero-order valence-electron chi connectivity index (χ0n) is 24.0. The van der Waals surface area contributed by atoms with Crippen molar-refractivity contribution >= 4 is 0 Å². The number of unbranched alkanes of at least 4 members (excludes halogenated alkanes) is 20. The molecule has 0 fully saturated rings. The third kappa shape index (κ3) is 16.9. The molecule has 34 heavy (non-hydrogen) atoms. The first-order valence-electron chi connectivity index (χ1n) is 16.0. The molecule has 2 heteroatoms. The predicted molar refractivity (Wildman–Crippen MR) is 154 cm³/mol. The van der Waals surface area contributed by atoms with Crippen LogP contribution in [0, 0.1) is 0 Å². The molecule has 0 N–H and O–H groups in total. The number of rotatable bonds is 26. The Morgan fingerprint density at radius 3 is 1.15 bits per heavy atom. The standard InChI is InChI=1S/C32H64N2/c1-4-7-9-11-13-15-16-17-18-19-20-21-23-25-27-32-33(28-6-3)30-31-34(32)29-26-24-22-14-12-10-8-5-2/h30-32H,4-29H2,1-3H3. The summed E-state index contributed by atoms with van der Waals surface area (Å²) in [4.78, 5) is 5.28. The van der Waals surface area contributed by atoms with Gasteiger partial charge >= 0.3 is 0 Å². The lowest BCUT2D eigenvalue weighted by Gasteiger charge is -2.33. The molecule has 0 amide bonds. The van der Waals surface area contributed by atoms with Gasteiger partial charge in [-0.25, -0.2) is 0 Å². The molecule has 1 atom stereocenters. The molecule has 1 aliphatic heterocycles. The molecule has 1 aliphatic rings. The molecule has 0 saturated heterocycles. The van der Waals surface area contributed by atoms with Crippen LogP contribution in [0.25, 0.3) is 0 Å². The van der Waals surface area contributed by atoms with E-state index >= 15 is 0 Å². The highest BCUT2D eigenvalue weighted by molar-refractivity contribution is 4.96. The fourth-order valence-corrected chi connectivity index (χ4v) is 5.55. The maximum absolute atomic E-state index is 2.66. The summed E-state index contributed by atoms with van der Waals surface area (Å²) in [6.45, 7) is 9.40. The summed E-state index contributed by atoms with van der Waals surface area (Å²) in [6, 6.07) is 0. The van der Waals surface area contributed by atoms with Crippen LogP contribution in [0.5, 0.6) is 0 Å². The van der Waals surface area contributed by atoms with Crippen molar-refractivity contribution in [2.75, 3.05) is 13.1 Å². The van der Waals surface area contributed by atoms with Crippen molar-refractivity contribution in [1.82, 2.24) is 9.80 Å². The normalized spacial score (nSPS) is 15.7. The molecular formula is C32H64N2. The van der Waals surface area contributed by atoms with Crippen LogP contribution in [0.3, 0.4) is 0 Å². The molecule has 1 heterocycles.